The van der Waals surface area contributed by atoms with Crippen LogP contribution < -0.4 is 0 Å². The van der Waals surface area contributed by atoms with Crippen molar-refractivity contribution in [2.24, 2.45) is 0 Å². The number of para-hydroxylation sites is 1. The molecule has 2 nitrogen and oxygen atoms in total. The smallest absolute Gasteiger partial charge is 0.144 e. The number of fused-ring (bicyclic) bond motifs is 1. The molecule has 0 radical (unpaired) electrons. The third-order valence-corrected chi connectivity index (χ3v) is 5.68. The highest BCUT2D eigenvalue weighted by Crippen LogP contribution is 2.38. The predicted molar refractivity (Wildman–Crippen MR) is 126 cm³/mol. The summed E-state index contributed by atoms with van der Waals surface area (Å²) in [6.45, 7) is 4.51. The number of imidazole rings is 1. The van der Waals surface area contributed by atoms with Crippen molar-refractivity contribution in [2.75, 3.05) is 0 Å². The summed E-state index contributed by atoms with van der Waals surface area (Å²) in [5, 5.41) is 2.52. The number of nitrogens with zero attached hydrogens (tertiary/aromatic N) is 2. The molecule has 0 bridgehead atoms. The van der Waals surface area contributed by atoms with E-state index in [1.807, 2.05) is 12.3 Å². The molecule has 5 rings (SSSR count). The summed E-state index contributed by atoms with van der Waals surface area (Å²) >= 11 is 0. The SMILES string of the molecule is CC(C)c1cccc(-c2cccc3ccccc23)c1-n1ccnc1-c1ccccc1. The topological polar surface area (TPSA) is 17.8 Å². The van der Waals surface area contributed by atoms with E-state index in [4.69, 9.17) is 4.98 Å². The maximum atomic E-state index is 4.72. The van der Waals surface area contributed by atoms with Crippen LogP contribution in [0.4, 0.5) is 0 Å². The van der Waals surface area contributed by atoms with Gasteiger partial charge in [0.05, 0.1) is 5.69 Å². The van der Waals surface area contributed by atoms with Gasteiger partial charge in [0, 0.05) is 23.5 Å². The van der Waals surface area contributed by atoms with Crippen LogP contribution in [0.3, 0.4) is 0 Å². The van der Waals surface area contributed by atoms with Gasteiger partial charge >= 0.3 is 0 Å². The summed E-state index contributed by atoms with van der Waals surface area (Å²) < 4.78 is 2.25. The Kier molecular flexibility index (Phi) is 4.68. The van der Waals surface area contributed by atoms with Crippen molar-refractivity contribution in [3.8, 4) is 28.2 Å². The number of hydrogen-bond acceptors (Lipinski definition) is 1. The van der Waals surface area contributed by atoms with Crippen molar-refractivity contribution in [1.29, 1.82) is 0 Å². The maximum Gasteiger partial charge on any atom is 0.144 e. The van der Waals surface area contributed by atoms with Crippen LogP contribution in [0.15, 0.2) is 103 Å². The molecule has 0 unspecified atom stereocenters. The Bertz CT molecular complexity index is 1310. The normalized spacial score (nSPS) is 11.3. The Hall–Kier alpha value is -3.65. The summed E-state index contributed by atoms with van der Waals surface area (Å²) in [5.74, 6) is 1.35. The second kappa shape index (κ2) is 7.64. The molecule has 0 amide bonds. The molecule has 0 atom stereocenters. The van der Waals surface area contributed by atoms with Crippen LogP contribution in [0.2, 0.25) is 0 Å². The molecule has 30 heavy (non-hydrogen) atoms. The average molecular weight is 389 g/mol. The second-order valence-electron chi connectivity index (χ2n) is 7.91. The largest absolute Gasteiger partial charge is 0.299 e. The number of rotatable bonds is 4. The molecule has 146 valence electrons. The van der Waals surface area contributed by atoms with Gasteiger partial charge in [-0.3, -0.25) is 4.57 Å². The van der Waals surface area contributed by atoms with E-state index in [1.165, 1.54) is 33.2 Å². The van der Waals surface area contributed by atoms with E-state index in [-0.39, 0.29) is 0 Å². The van der Waals surface area contributed by atoms with E-state index in [9.17, 15) is 0 Å². The summed E-state index contributed by atoms with van der Waals surface area (Å²) in [5.41, 5.74) is 6.12. The Morgan fingerprint density at radius 1 is 0.700 bits per heavy atom. The molecule has 1 aromatic heterocycles. The van der Waals surface area contributed by atoms with Crippen LogP contribution in [0, 0.1) is 0 Å². The first-order valence-corrected chi connectivity index (χ1v) is 10.4. The van der Waals surface area contributed by atoms with Gasteiger partial charge in [-0.05, 0) is 27.8 Å². The van der Waals surface area contributed by atoms with Gasteiger partial charge in [0.25, 0.3) is 0 Å². The van der Waals surface area contributed by atoms with Gasteiger partial charge in [-0.15, -0.1) is 0 Å². The lowest BCUT2D eigenvalue weighted by atomic mass is 9.91. The van der Waals surface area contributed by atoms with Gasteiger partial charge in [-0.2, -0.15) is 0 Å². The molecule has 0 aliphatic heterocycles. The van der Waals surface area contributed by atoms with E-state index in [0.29, 0.717) is 5.92 Å². The molecule has 0 fully saturated rings. The number of aromatic nitrogens is 2. The van der Waals surface area contributed by atoms with Crippen molar-refractivity contribution >= 4 is 10.8 Å². The lowest BCUT2D eigenvalue weighted by Gasteiger charge is -2.21. The summed E-state index contributed by atoms with van der Waals surface area (Å²) in [6.07, 6.45) is 3.98. The fourth-order valence-electron chi connectivity index (χ4n) is 4.26. The molecule has 1 heterocycles. The second-order valence-corrected chi connectivity index (χ2v) is 7.91. The van der Waals surface area contributed by atoms with Crippen LogP contribution in [-0.4, -0.2) is 9.55 Å². The van der Waals surface area contributed by atoms with Gasteiger partial charge in [-0.1, -0.05) is 105 Å². The Morgan fingerprint density at radius 2 is 1.40 bits per heavy atom. The molecule has 0 saturated carbocycles. The van der Waals surface area contributed by atoms with E-state index in [0.717, 1.165) is 11.4 Å². The molecule has 2 heteroatoms. The number of benzene rings is 4. The van der Waals surface area contributed by atoms with Gasteiger partial charge < -0.3 is 0 Å². The van der Waals surface area contributed by atoms with Crippen molar-refractivity contribution in [3.63, 3.8) is 0 Å². The highest BCUT2D eigenvalue weighted by atomic mass is 15.1. The highest BCUT2D eigenvalue weighted by molar-refractivity contribution is 5.99. The van der Waals surface area contributed by atoms with Crippen LogP contribution in [0.1, 0.15) is 25.3 Å². The van der Waals surface area contributed by atoms with Crippen LogP contribution in [-0.2, 0) is 0 Å². The zero-order valence-corrected chi connectivity index (χ0v) is 17.3. The monoisotopic (exact) mass is 388 g/mol. The molecule has 0 aliphatic rings. The minimum Gasteiger partial charge on any atom is -0.299 e. The molecular formula is C28H24N2. The fraction of sp³-hybridized carbons (Fsp3) is 0.107. The molecule has 5 aromatic rings. The van der Waals surface area contributed by atoms with Crippen molar-refractivity contribution in [2.45, 2.75) is 19.8 Å². The first kappa shape index (κ1) is 18.4. The van der Waals surface area contributed by atoms with Crippen LogP contribution in [0.25, 0.3) is 39.0 Å². The minimum atomic E-state index is 0.390. The maximum absolute atomic E-state index is 4.72. The molecular weight excluding hydrogens is 364 g/mol. The molecule has 4 aromatic carbocycles. The van der Waals surface area contributed by atoms with Gasteiger partial charge in [-0.25, -0.2) is 4.98 Å². The van der Waals surface area contributed by atoms with Crippen molar-refractivity contribution in [3.05, 3.63) is 109 Å². The van der Waals surface area contributed by atoms with E-state index in [2.05, 4.69) is 110 Å². The Balaban J connectivity index is 1.83. The number of hydrogen-bond donors (Lipinski definition) is 0. The average Bonchev–Trinajstić information content (AvgIpc) is 3.28. The van der Waals surface area contributed by atoms with Gasteiger partial charge in [0.15, 0.2) is 0 Å². The van der Waals surface area contributed by atoms with Gasteiger partial charge in [0.2, 0.25) is 0 Å². The quantitative estimate of drug-likeness (QED) is 0.312. The Morgan fingerprint density at radius 3 is 2.23 bits per heavy atom. The first-order valence-electron chi connectivity index (χ1n) is 10.4. The zero-order valence-electron chi connectivity index (χ0n) is 17.3. The van der Waals surface area contributed by atoms with E-state index in [1.54, 1.807) is 0 Å². The predicted octanol–water partition coefficient (Wildman–Crippen LogP) is 7.48. The van der Waals surface area contributed by atoms with E-state index < -0.39 is 0 Å². The van der Waals surface area contributed by atoms with E-state index >= 15 is 0 Å². The third-order valence-electron chi connectivity index (χ3n) is 5.68. The highest BCUT2D eigenvalue weighted by Gasteiger charge is 2.19. The summed E-state index contributed by atoms with van der Waals surface area (Å²) in [6, 6.07) is 32.2. The third kappa shape index (κ3) is 3.11. The minimum absolute atomic E-state index is 0.390. The van der Waals surface area contributed by atoms with Gasteiger partial charge in [0.1, 0.15) is 5.82 Å². The first-order chi connectivity index (χ1) is 14.7. The standard InChI is InChI=1S/C28H24N2/c1-20(2)23-15-9-17-26(25-16-8-13-21-10-6-7-14-24(21)25)27(23)30-19-18-29-28(30)22-11-4-3-5-12-22/h3-20H,1-2H3. The zero-order chi connectivity index (χ0) is 20.5. The molecule has 0 spiro atoms. The van der Waals surface area contributed by atoms with Crippen molar-refractivity contribution < 1.29 is 0 Å². The fourth-order valence-corrected chi connectivity index (χ4v) is 4.26. The lowest BCUT2D eigenvalue weighted by molar-refractivity contribution is 0.848. The molecule has 0 N–H and O–H groups in total. The van der Waals surface area contributed by atoms with Crippen molar-refractivity contribution in [1.82, 2.24) is 9.55 Å². The van der Waals surface area contributed by atoms with Crippen LogP contribution in [0.5, 0.6) is 0 Å². The molecule has 0 aliphatic carbocycles. The molecule has 0 saturated heterocycles. The van der Waals surface area contributed by atoms with Crippen LogP contribution >= 0.6 is 0 Å². The lowest BCUT2D eigenvalue weighted by Crippen LogP contribution is -2.05. The summed E-state index contributed by atoms with van der Waals surface area (Å²) in [7, 11) is 0. The summed E-state index contributed by atoms with van der Waals surface area (Å²) in [4.78, 5) is 4.72. The Labute approximate surface area is 177 Å².